The van der Waals surface area contributed by atoms with E-state index in [1.165, 1.54) is 24.5 Å². The normalized spacial score (nSPS) is 10.1. The van der Waals surface area contributed by atoms with Gasteiger partial charge in [-0.3, -0.25) is 4.79 Å². The summed E-state index contributed by atoms with van der Waals surface area (Å²) in [6.07, 6.45) is 1.49. The Morgan fingerprint density at radius 3 is 2.81 bits per heavy atom. The van der Waals surface area contributed by atoms with Gasteiger partial charge in [0.1, 0.15) is 17.1 Å². The molecule has 0 aliphatic heterocycles. The number of furan rings is 1. The van der Waals surface area contributed by atoms with Crippen molar-refractivity contribution in [3.05, 3.63) is 52.9 Å². The summed E-state index contributed by atoms with van der Waals surface area (Å²) in [5.41, 5.74) is -0.0572. The lowest BCUT2D eigenvalue weighted by molar-refractivity contribution is -0.124. The van der Waals surface area contributed by atoms with Gasteiger partial charge >= 0.3 is 5.97 Å². The molecule has 0 radical (unpaired) electrons. The topological polar surface area (TPSA) is 88.8 Å². The van der Waals surface area contributed by atoms with E-state index in [1.54, 1.807) is 12.1 Å². The van der Waals surface area contributed by atoms with Crippen molar-refractivity contribution in [1.29, 1.82) is 0 Å². The van der Waals surface area contributed by atoms with Crippen molar-refractivity contribution >= 4 is 23.5 Å². The molecule has 0 fully saturated rings. The average molecular weight is 310 g/mol. The molecule has 0 spiro atoms. The second-order valence-electron chi connectivity index (χ2n) is 4.09. The molecule has 7 heteroatoms. The first-order chi connectivity index (χ1) is 10.1. The van der Waals surface area contributed by atoms with Crippen molar-refractivity contribution in [3.63, 3.8) is 0 Å². The number of carbonyl (C=O) groups is 2. The second kappa shape index (κ2) is 6.81. The van der Waals surface area contributed by atoms with Gasteiger partial charge in [0.2, 0.25) is 0 Å². The first-order valence-corrected chi connectivity index (χ1v) is 6.39. The Morgan fingerprint density at radius 2 is 2.14 bits per heavy atom. The van der Waals surface area contributed by atoms with Crippen molar-refractivity contribution in [2.24, 2.45) is 0 Å². The molecule has 2 aromatic rings. The minimum atomic E-state index is -0.808. The Morgan fingerprint density at radius 1 is 1.33 bits per heavy atom. The molecule has 0 aliphatic rings. The van der Waals surface area contributed by atoms with E-state index in [0.29, 0.717) is 10.8 Å². The number of phenols is 1. The summed E-state index contributed by atoms with van der Waals surface area (Å²) in [6.45, 7) is -0.253. The standard InChI is InChI=1S/C14H12ClNO5/c15-9-3-4-11(12(17)6-9)14(19)21-8-13(18)16-7-10-2-1-5-20-10/h1-6,17H,7-8H2,(H,16,18). The van der Waals surface area contributed by atoms with Crippen LogP contribution >= 0.6 is 11.6 Å². The first kappa shape index (κ1) is 14.9. The number of ether oxygens (including phenoxy) is 1. The van der Waals surface area contributed by atoms with E-state index < -0.39 is 18.5 Å². The summed E-state index contributed by atoms with van der Waals surface area (Å²) >= 11 is 5.65. The molecule has 1 aromatic carbocycles. The lowest BCUT2D eigenvalue weighted by Crippen LogP contribution is -2.28. The smallest absolute Gasteiger partial charge is 0.342 e. The molecule has 6 nitrogen and oxygen atoms in total. The van der Waals surface area contributed by atoms with E-state index in [1.807, 2.05) is 0 Å². The molecule has 0 bridgehead atoms. The number of hydrogen-bond donors (Lipinski definition) is 2. The Hall–Kier alpha value is -2.47. The number of rotatable bonds is 5. The Bertz CT molecular complexity index is 639. The highest BCUT2D eigenvalue weighted by Gasteiger charge is 2.14. The van der Waals surface area contributed by atoms with Crippen LogP contribution in [0.15, 0.2) is 41.0 Å². The summed E-state index contributed by atoms with van der Waals surface area (Å²) in [6, 6.07) is 7.38. The summed E-state index contributed by atoms with van der Waals surface area (Å²) < 4.78 is 9.83. The van der Waals surface area contributed by atoms with Crippen molar-refractivity contribution < 1.29 is 23.8 Å². The third-order valence-corrected chi connectivity index (χ3v) is 2.79. The van der Waals surface area contributed by atoms with Gasteiger partial charge in [0.15, 0.2) is 6.61 Å². The van der Waals surface area contributed by atoms with Crippen molar-refractivity contribution in [2.45, 2.75) is 6.54 Å². The maximum absolute atomic E-state index is 11.7. The molecular formula is C14H12ClNO5. The van der Waals surface area contributed by atoms with Gasteiger partial charge < -0.3 is 19.6 Å². The van der Waals surface area contributed by atoms with Gasteiger partial charge in [0, 0.05) is 5.02 Å². The van der Waals surface area contributed by atoms with Gasteiger partial charge in [0.25, 0.3) is 5.91 Å². The highest BCUT2D eigenvalue weighted by molar-refractivity contribution is 6.30. The number of benzene rings is 1. The highest BCUT2D eigenvalue weighted by atomic mass is 35.5. The van der Waals surface area contributed by atoms with Crippen molar-refractivity contribution in [1.82, 2.24) is 5.32 Å². The summed E-state index contributed by atoms with van der Waals surface area (Å²) in [5.74, 6) is -1.00. The number of aromatic hydroxyl groups is 1. The molecule has 21 heavy (non-hydrogen) atoms. The Kier molecular flexibility index (Phi) is 4.84. The monoisotopic (exact) mass is 309 g/mol. The van der Waals surface area contributed by atoms with Crippen LogP contribution in [0.5, 0.6) is 5.75 Å². The predicted octanol–water partition coefficient (Wildman–Crippen LogP) is 2.11. The SMILES string of the molecule is O=C(COC(=O)c1ccc(Cl)cc1O)NCc1ccco1. The fourth-order valence-corrected chi connectivity index (χ4v) is 1.70. The van der Waals surface area contributed by atoms with E-state index in [0.717, 1.165) is 0 Å². The Balaban J connectivity index is 1.81. The second-order valence-corrected chi connectivity index (χ2v) is 4.53. The molecule has 1 amide bonds. The van der Waals surface area contributed by atoms with Gasteiger partial charge in [-0.2, -0.15) is 0 Å². The van der Waals surface area contributed by atoms with Gasteiger partial charge in [-0.15, -0.1) is 0 Å². The van der Waals surface area contributed by atoms with Crippen LogP contribution in [0, 0.1) is 0 Å². The quantitative estimate of drug-likeness (QED) is 0.826. The van der Waals surface area contributed by atoms with Crippen LogP contribution in [-0.4, -0.2) is 23.6 Å². The number of nitrogens with one attached hydrogen (secondary N) is 1. The van der Waals surface area contributed by atoms with Crippen molar-refractivity contribution in [3.8, 4) is 5.75 Å². The minimum Gasteiger partial charge on any atom is -0.507 e. The lowest BCUT2D eigenvalue weighted by Gasteiger charge is -2.07. The summed E-state index contributed by atoms with van der Waals surface area (Å²) in [7, 11) is 0. The van der Waals surface area contributed by atoms with E-state index in [9.17, 15) is 14.7 Å². The molecule has 2 rings (SSSR count). The van der Waals surface area contributed by atoms with E-state index in [-0.39, 0.29) is 17.9 Å². The summed E-state index contributed by atoms with van der Waals surface area (Å²) in [4.78, 5) is 23.2. The number of hydrogen-bond acceptors (Lipinski definition) is 5. The molecule has 0 atom stereocenters. The van der Waals surface area contributed by atoms with Gasteiger partial charge in [-0.05, 0) is 30.3 Å². The maximum atomic E-state index is 11.7. The zero-order valence-corrected chi connectivity index (χ0v) is 11.6. The number of esters is 1. The fourth-order valence-electron chi connectivity index (χ4n) is 1.54. The van der Waals surface area contributed by atoms with Crippen LogP contribution in [0.25, 0.3) is 0 Å². The van der Waals surface area contributed by atoms with Crippen molar-refractivity contribution in [2.75, 3.05) is 6.61 Å². The van der Waals surface area contributed by atoms with Gasteiger partial charge in [-0.1, -0.05) is 11.6 Å². The fraction of sp³-hybridized carbons (Fsp3) is 0.143. The zero-order valence-electron chi connectivity index (χ0n) is 10.8. The number of halogens is 1. The minimum absolute atomic E-state index is 0.0572. The third kappa shape index (κ3) is 4.25. The zero-order chi connectivity index (χ0) is 15.2. The highest BCUT2D eigenvalue weighted by Crippen LogP contribution is 2.22. The third-order valence-electron chi connectivity index (χ3n) is 2.55. The molecule has 1 heterocycles. The molecule has 0 saturated carbocycles. The largest absolute Gasteiger partial charge is 0.507 e. The molecule has 110 valence electrons. The van der Waals surface area contributed by atoms with Crippen LogP contribution < -0.4 is 5.32 Å². The molecule has 0 saturated heterocycles. The summed E-state index contributed by atoms with van der Waals surface area (Å²) in [5, 5.41) is 12.4. The molecular weight excluding hydrogens is 298 g/mol. The Labute approximate surface area is 125 Å². The van der Waals surface area contributed by atoms with E-state index in [2.05, 4.69) is 5.32 Å². The predicted molar refractivity (Wildman–Crippen MR) is 74.0 cm³/mol. The molecule has 2 N–H and O–H groups in total. The van der Waals surface area contributed by atoms with Crippen LogP contribution in [-0.2, 0) is 16.1 Å². The lowest BCUT2D eigenvalue weighted by atomic mass is 10.2. The van der Waals surface area contributed by atoms with Crippen LogP contribution in [0.1, 0.15) is 16.1 Å². The molecule has 1 aromatic heterocycles. The van der Waals surface area contributed by atoms with Gasteiger partial charge in [0.05, 0.1) is 12.8 Å². The number of amides is 1. The average Bonchev–Trinajstić information content (AvgIpc) is 2.95. The van der Waals surface area contributed by atoms with Crippen LogP contribution in [0.4, 0.5) is 0 Å². The maximum Gasteiger partial charge on any atom is 0.342 e. The first-order valence-electron chi connectivity index (χ1n) is 6.01. The van der Waals surface area contributed by atoms with Gasteiger partial charge in [-0.25, -0.2) is 4.79 Å². The molecule has 0 unspecified atom stereocenters. The number of carbonyl (C=O) groups excluding carboxylic acids is 2. The molecule has 0 aliphatic carbocycles. The number of phenolic OH excluding ortho intramolecular Hbond substituents is 1. The van der Waals surface area contributed by atoms with E-state index >= 15 is 0 Å². The van der Waals surface area contributed by atoms with E-state index in [4.69, 9.17) is 20.8 Å². The van der Waals surface area contributed by atoms with Crippen LogP contribution in [0.2, 0.25) is 5.02 Å². The van der Waals surface area contributed by atoms with Crippen LogP contribution in [0.3, 0.4) is 0 Å².